The number of aryl methyl sites for hydroxylation is 2. The van der Waals surface area contributed by atoms with Gasteiger partial charge in [-0.25, -0.2) is 13.2 Å². The van der Waals surface area contributed by atoms with Gasteiger partial charge in [0.1, 0.15) is 22.2 Å². The zero-order chi connectivity index (χ0) is 25.0. The summed E-state index contributed by atoms with van der Waals surface area (Å²) in [6.45, 7) is 4.19. The van der Waals surface area contributed by atoms with Gasteiger partial charge in [-0.2, -0.15) is 0 Å². The van der Waals surface area contributed by atoms with E-state index in [0.29, 0.717) is 24.4 Å². The number of carbonyl (C=O) groups is 1. The van der Waals surface area contributed by atoms with Crippen molar-refractivity contribution in [2.45, 2.75) is 25.2 Å². The lowest BCUT2D eigenvalue weighted by Crippen LogP contribution is -2.23. The fourth-order valence-corrected chi connectivity index (χ4v) is 4.80. The minimum Gasteiger partial charge on any atom is -0.497 e. The summed E-state index contributed by atoms with van der Waals surface area (Å²) in [6, 6.07) is 8.75. The maximum absolute atomic E-state index is 13.0. The number of nitrogens with one attached hydrogen (secondary N) is 1. The molecule has 2 N–H and O–H groups in total. The van der Waals surface area contributed by atoms with Crippen molar-refractivity contribution in [1.29, 1.82) is 0 Å². The molecule has 0 amide bonds. The number of likely N-dealkylation sites (N-methyl/N-ethyl adjacent to an activating group) is 1. The Labute approximate surface area is 198 Å². The Morgan fingerprint density at radius 2 is 1.88 bits per heavy atom. The molecule has 0 aliphatic carbocycles. The van der Waals surface area contributed by atoms with Gasteiger partial charge >= 0.3 is 5.97 Å². The Balaban J connectivity index is 1.87. The summed E-state index contributed by atoms with van der Waals surface area (Å²) >= 11 is 0. The van der Waals surface area contributed by atoms with Crippen LogP contribution in [0.5, 0.6) is 11.5 Å². The van der Waals surface area contributed by atoms with Crippen LogP contribution in [0.4, 0.5) is 11.4 Å². The van der Waals surface area contributed by atoms with Gasteiger partial charge in [0.2, 0.25) is 0 Å². The summed E-state index contributed by atoms with van der Waals surface area (Å²) in [6.07, 6.45) is 0.612. The van der Waals surface area contributed by atoms with Crippen molar-refractivity contribution in [3.05, 3.63) is 59.0 Å². The van der Waals surface area contributed by atoms with Crippen molar-refractivity contribution < 1.29 is 32.3 Å². The average molecular weight is 490 g/mol. The van der Waals surface area contributed by atoms with Crippen molar-refractivity contribution >= 4 is 27.4 Å². The quantitative estimate of drug-likeness (QED) is 0.439. The molecule has 11 heteroatoms. The molecular formula is C23H27N3O7S. The molecule has 0 fully saturated rings. The monoisotopic (exact) mass is 489 g/mol. The molecule has 0 bridgehead atoms. The zero-order valence-corrected chi connectivity index (χ0v) is 20.4. The minimum absolute atomic E-state index is 0.0425. The molecule has 0 saturated carbocycles. The molecule has 0 unspecified atom stereocenters. The SMILES string of the molecule is COc1ccc(OC)c(S(=O)(=O)Nc2ccc(N(C)CCc3c(C)noc3C)c(C(=O)O)c2)c1. The molecule has 0 aliphatic rings. The van der Waals surface area contributed by atoms with Gasteiger partial charge in [-0.3, -0.25) is 4.72 Å². The first kappa shape index (κ1) is 24.9. The van der Waals surface area contributed by atoms with E-state index in [2.05, 4.69) is 9.88 Å². The van der Waals surface area contributed by atoms with Crippen LogP contribution >= 0.6 is 0 Å². The predicted octanol–water partition coefficient (Wildman–Crippen LogP) is 3.49. The molecule has 1 aromatic heterocycles. The number of benzene rings is 2. The van der Waals surface area contributed by atoms with Crippen molar-refractivity contribution in [2.24, 2.45) is 0 Å². The molecule has 3 rings (SSSR count). The number of ether oxygens (including phenoxy) is 2. The van der Waals surface area contributed by atoms with Crippen LogP contribution < -0.4 is 19.1 Å². The summed E-state index contributed by atoms with van der Waals surface area (Å²) in [7, 11) is 0.456. The number of hydrogen-bond donors (Lipinski definition) is 2. The lowest BCUT2D eigenvalue weighted by Gasteiger charge is -2.22. The highest BCUT2D eigenvalue weighted by atomic mass is 32.2. The van der Waals surface area contributed by atoms with Crippen molar-refractivity contribution in [1.82, 2.24) is 5.16 Å². The third-order valence-corrected chi connectivity index (χ3v) is 6.83. The van der Waals surface area contributed by atoms with Crippen molar-refractivity contribution in [3.63, 3.8) is 0 Å². The van der Waals surface area contributed by atoms with Crippen LogP contribution in [-0.2, 0) is 16.4 Å². The van der Waals surface area contributed by atoms with Crippen molar-refractivity contribution in [3.8, 4) is 11.5 Å². The number of carboxylic acids is 1. The van der Waals surface area contributed by atoms with Crippen LogP contribution in [-0.4, -0.2) is 52.5 Å². The van der Waals surface area contributed by atoms with E-state index in [4.69, 9.17) is 14.0 Å². The van der Waals surface area contributed by atoms with Gasteiger partial charge in [-0.15, -0.1) is 0 Å². The van der Waals surface area contributed by atoms with E-state index < -0.39 is 16.0 Å². The van der Waals surface area contributed by atoms with E-state index in [1.807, 2.05) is 13.8 Å². The third-order valence-electron chi connectivity index (χ3n) is 5.43. The van der Waals surface area contributed by atoms with Crippen molar-refractivity contribution in [2.75, 3.05) is 37.4 Å². The summed E-state index contributed by atoms with van der Waals surface area (Å²) in [4.78, 5) is 13.6. The molecule has 2 aromatic carbocycles. The first-order chi connectivity index (χ1) is 16.1. The maximum Gasteiger partial charge on any atom is 0.337 e. The van der Waals surface area contributed by atoms with Gasteiger partial charge < -0.3 is 24.0 Å². The first-order valence-corrected chi connectivity index (χ1v) is 11.8. The molecule has 3 aromatic rings. The van der Waals surface area contributed by atoms with Gasteiger partial charge in [-0.05, 0) is 50.6 Å². The Hall–Kier alpha value is -3.73. The topological polar surface area (TPSA) is 131 Å². The second kappa shape index (κ2) is 10.0. The smallest absolute Gasteiger partial charge is 0.337 e. The summed E-state index contributed by atoms with van der Waals surface area (Å²) in [5.74, 6) is 0.00591. The summed E-state index contributed by atoms with van der Waals surface area (Å²) < 4.78 is 43.9. The van der Waals surface area contributed by atoms with E-state index in [-0.39, 0.29) is 21.9 Å². The molecule has 0 atom stereocenters. The Morgan fingerprint density at radius 3 is 2.47 bits per heavy atom. The number of nitrogens with zero attached hydrogens (tertiary/aromatic N) is 2. The largest absolute Gasteiger partial charge is 0.497 e. The predicted molar refractivity (Wildman–Crippen MR) is 127 cm³/mol. The van der Waals surface area contributed by atoms with Crippen LogP contribution in [0.15, 0.2) is 45.8 Å². The molecule has 0 aliphatic heterocycles. The normalized spacial score (nSPS) is 11.2. The average Bonchev–Trinajstić information content (AvgIpc) is 3.13. The number of hydrogen-bond acceptors (Lipinski definition) is 8. The Kier molecular flexibility index (Phi) is 7.35. The number of anilines is 2. The van der Waals surface area contributed by atoms with Crippen LogP contribution in [0.3, 0.4) is 0 Å². The standard InChI is InChI=1S/C23H27N3O7S/c1-14-18(15(2)33-24-14)10-11-26(3)20-8-6-16(12-19(20)23(27)28)25-34(29,30)22-13-17(31-4)7-9-21(22)32-5/h6-9,12-13,25H,10-11H2,1-5H3,(H,27,28). The van der Waals surface area contributed by atoms with Gasteiger partial charge in [0.25, 0.3) is 10.0 Å². The van der Waals surface area contributed by atoms with E-state index in [9.17, 15) is 18.3 Å². The van der Waals surface area contributed by atoms with E-state index in [1.54, 1.807) is 24.1 Å². The number of methoxy groups -OCH3 is 2. The molecule has 0 radical (unpaired) electrons. The number of carboxylic acid groups (broad SMARTS) is 1. The zero-order valence-electron chi connectivity index (χ0n) is 19.6. The van der Waals surface area contributed by atoms with Gasteiger partial charge in [0.05, 0.1) is 31.2 Å². The number of rotatable bonds is 10. The van der Waals surface area contributed by atoms with Gasteiger partial charge in [0.15, 0.2) is 0 Å². The van der Waals surface area contributed by atoms with Crippen LogP contribution in [0.25, 0.3) is 0 Å². The lowest BCUT2D eigenvalue weighted by molar-refractivity contribution is 0.0697. The third kappa shape index (κ3) is 5.25. The molecule has 0 saturated heterocycles. The molecule has 1 heterocycles. The van der Waals surface area contributed by atoms with E-state index in [1.165, 1.54) is 38.5 Å². The highest BCUT2D eigenvalue weighted by Crippen LogP contribution is 2.31. The Morgan fingerprint density at radius 1 is 1.15 bits per heavy atom. The first-order valence-electron chi connectivity index (χ1n) is 10.3. The Bertz CT molecular complexity index is 1280. The number of aromatic nitrogens is 1. The maximum atomic E-state index is 13.0. The fraction of sp³-hybridized carbons (Fsp3) is 0.304. The van der Waals surface area contributed by atoms with Crippen LogP contribution in [0.2, 0.25) is 0 Å². The molecule has 34 heavy (non-hydrogen) atoms. The highest BCUT2D eigenvalue weighted by Gasteiger charge is 2.23. The molecule has 182 valence electrons. The highest BCUT2D eigenvalue weighted by molar-refractivity contribution is 7.92. The molecule has 10 nitrogen and oxygen atoms in total. The fourth-order valence-electron chi connectivity index (χ4n) is 3.57. The van der Waals surface area contributed by atoms with Crippen LogP contribution in [0, 0.1) is 13.8 Å². The summed E-state index contributed by atoms with van der Waals surface area (Å²) in [5.41, 5.74) is 2.27. The number of sulfonamides is 1. The van der Waals surface area contributed by atoms with Crippen LogP contribution in [0.1, 0.15) is 27.4 Å². The second-order valence-electron chi connectivity index (χ2n) is 7.63. The van der Waals surface area contributed by atoms with Gasteiger partial charge in [0, 0.05) is 30.9 Å². The second-order valence-corrected chi connectivity index (χ2v) is 9.28. The van der Waals surface area contributed by atoms with E-state index >= 15 is 0 Å². The van der Waals surface area contributed by atoms with E-state index in [0.717, 1.165) is 17.0 Å². The minimum atomic E-state index is -4.09. The molecular weight excluding hydrogens is 462 g/mol. The lowest BCUT2D eigenvalue weighted by atomic mass is 10.1. The van der Waals surface area contributed by atoms with Gasteiger partial charge in [-0.1, -0.05) is 5.16 Å². The number of aromatic carboxylic acids is 1. The molecule has 0 spiro atoms. The summed E-state index contributed by atoms with van der Waals surface area (Å²) in [5, 5.41) is 13.7.